The SMILES string of the molecule is NC(=S)c1cccc(S(=O)(=O)NCc2ccc(Br)cc2)c1. The largest absolute Gasteiger partial charge is 0.389 e. The molecule has 0 radical (unpaired) electrons. The van der Waals surface area contributed by atoms with Crippen LogP contribution in [0.1, 0.15) is 11.1 Å². The van der Waals surface area contributed by atoms with E-state index in [0.29, 0.717) is 5.56 Å². The summed E-state index contributed by atoms with van der Waals surface area (Å²) in [5.74, 6) is 0. The first-order valence-electron chi connectivity index (χ1n) is 6.02. The molecule has 2 rings (SSSR count). The highest BCUT2D eigenvalue weighted by Crippen LogP contribution is 2.14. The number of hydrogen-bond donors (Lipinski definition) is 2. The highest BCUT2D eigenvalue weighted by Gasteiger charge is 2.14. The van der Waals surface area contributed by atoms with Crippen LogP contribution in [0.3, 0.4) is 0 Å². The molecular formula is C14H13BrN2O2S2. The van der Waals surface area contributed by atoms with Gasteiger partial charge in [-0.3, -0.25) is 0 Å². The zero-order valence-corrected chi connectivity index (χ0v) is 14.1. The van der Waals surface area contributed by atoms with E-state index in [-0.39, 0.29) is 16.4 Å². The molecular weight excluding hydrogens is 372 g/mol. The average molecular weight is 385 g/mol. The lowest BCUT2D eigenvalue weighted by Gasteiger charge is -2.08. The van der Waals surface area contributed by atoms with Crippen LogP contribution in [0, 0.1) is 0 Å². The minimum atomic E-state index is -3.60. The van der Waals surface area contributed by atoms with E-state index in [9.17, 15) is 8.42 Å². The van der Waals surface area contributed by atoms with Gasteiger partial charge in [-0.1, -0.05) is 52.4 Å². The molecule has 3 N–H and O–H groups in total. The van der Waals surface area contributed by atoms with Crippen molar-refractivity contribution in [2.24, 2.45) is 5.73 Å². The highest BCUT2D eigenvalue weighted by molar-refractivity contribution is 9.10. The van der Waals surface area contributed by atoms with E-state index in [4.69, 9.17) is 18.0 Å². The smallest absolute Gasteiger partial charge is 0.240 e. The molecule has 110 valence electrons. The van der Waals surface area contributed by atoms with Gasteiger partial charge in [-0.2, -0.15) is 0 Å². The summed E-state index contributed by atoms with van der Waals surface area (Å²) in [5.41, 5.74) is 6.91. The average Bonchev–Trinajstić information content (AvgIpc) is 2.47. The molecule has 0 aromatic heterocycles. The molecule has 0 atom stereocenters. The van der Waals surface area contributed by atoms with E-state index in [1.54, 1.807) is 12.1 Å². The topological polar surface area (TPSA) is 72.2 Å². The van der Waals surface area contributed by atoms with E-state index in [0.717, 1.165) is 10.0 Å². The molecule has 0 aliphatic heterocycles. The van der Waals surface area contributed by atoms with Crippen LogP contribution in [-0.4, -0.2) is 13.4 Å². The second kappa shape index (κ2) is 6.65. The van der Waals surface area contributed by atoms with Gasteiger partial charge in [-0.25, -0.2) is 13.1 Å². The fourth-order valence-electron chi connectivity index (χ4n) is 1.68. The van der Waals surface area contributed by atoms with Crippen LogP contribution in [0.4, 0.5) is 0 Å². The van der Waals surface area contributed by atoms with Gasteiger partial charge < -0.3 is 5.73 Å². The first-order valence-corrected chi connectivity index (χ1v) is 8.71. The molecule has 21 heavy (non-hydrogen) atoms. The molecule has 0 saturated heterocycles. The molecule has 0 bridgehead atoms. The monoisotopic (exact) mass is 384 g/mol. The van der Waals surface area contributed by atoms with Crippen LogP contribution in [0.15, 0.2) is 57.9 Å². The van der Waals surface area contributed by atoms with Crippen molar-refractivity contribution in [3.05, 3.63) is 64.1 Å². The Kier molecular flexibility index (Phi) is 5.10. The van der Waals surface area contributed by atoms with Crippen molar-refractivity contribution in [2.75, 3.05) is 0 Å². The third-order valence-electron chi connectivity index (χ3n) is 2.81. The van der Waals surface area contributed by atoms with E-state index in [2.05, 4.69) is 20.7 Å². The molecule has 0 amide bonds. The van der Waals surface area contributed by atoms with Crippen molar-refractivity contribution >= 4 is 43.2 Å². The normalized spacial score (nSPS) is 11.3. The first-order chi connectivity index (χ1) is 9.88. The molecule has 0 spiro atoms. The number of nitrogens with two attached hydrogens (primary N) is 1. The summed E-state index contributed by atoms with van der Waals surface area (Å²) in [5, 5.41) is 0. The molecule has 2 aromatic rings. The maximum atomic E-state index is 12.2. The molecule has 0 aliphatic carbocycles. The predicted octanol–water partition coefficient (Wildman–Crippen LogP) is 2.56. The van der Waals surface area contributed by atoms with Gasteiger partial charge in [0.25, 0.3) is 0 Å². The summed E-state index contributed by atoms with van der Waals surface area (Å²) in [6, 6.07) is 13.7. The van der Waals surface area contributed by atoms with Crippen LogP contribution in [0.5, 0.6) is 0 Å². The van der Waals surface area contributed by atoms with Crippen molar-refractivity contribution in [3.8, 4) is 0 Å². The standard InChI is InChI=1S/C14H13BrN2O2S2/c15-12-6-4-10(5-7-12)9-17-21(18,19)13-3-1-2-11(8-13)14(16)20/h1-8,17H,9H2,(H2,16,20). The lowest BCUT2D eigenvalue weighted by atomic mass is 10.2. The van der Waals surface area contributed by atoms with Gasteiger partial charge in [0.1, 0.15) is 4.99 Å². The maximum Gasteiger partial charge on any atom is 0.240 e. The summed E-state index contributed by atoms with van der Waals surface area (Å²) in [6.07, 6.45) is 0. The first kappa shape index (κ1) is 16.1. The van der Waals surface area contributed by atoms with Crippen LogP contribution in [0.2, 0.25) is 0 Å². The van der Waals surface area contributed by atoms with Crippen molar-refractivity contribution in [1.29, 1.82) is 0 Å². The fraction of sp³-hybridized carbons (Fsp3) is 0.0714. The minimum absolute atomic E-state index is 0.143. The van der Waals surface area contributed by atoms with Crippen LogP contribution in [-0.2, 0) is 16.6 Å². The molecule has 2 aromatic carbocycles. The Labute approximate surface area is 137 Å². The molecule has 0 unspecified atom stereocenters. The predicted molar refractivity (Wildman–Crippen MR) is 90.5 cm³/mol. The number of hydrogen-bond acceptors (Lipinski definition) is 3. The molecule has 7 heteroatoms. The Hall–Kier alpha value is -1.28. The summed E-state index contributed by atoms with van der Waals surface area (Å²) in [4.78, 5) is 0.310. The Morgan fingerprint density at radius 1 is 1.19 bits per heavy atom. The van der Waals surface area contributed by atoms with Crippen molar-refractivity contribution < 1.29 is 8.42 Å². The van der Waals surface area contributed by atoms with Gasteiger partial charge >= 0.3 is 0 Å². The number of thiocarbonyl (C=S) groups is 1. The third kappa shape index (κ3) is 4.34. The Morgan fingerprint density at radius 3 is 2.48 bits per heavy atom. The summed E-state index contributed by atoms with van der Waals surface area (Å²) >= 11 is 8.19. The summed E-state index contributed by atoms with van der Waals surface area (Å²) in [7, 11) is -3.60. The van der Waals surface area contributed by atoms with Gasteiger partial charge in [0.15, 0.2) is 0 Å². The quantitative estimate of drug-likeness (QED) is 0.776. The van der Waals surface area contributed by atoms with Gasteiger partial charge in [-0.05, 0) is 29.8 Å². The summed E-state index contributed by atoms with van der Waals surface area (Å²) in [6.45, 7) is 0.215. The number of benzene rings is 2. The lowest BCUT2D eigenvalue weighted by Crippen LogP contribution is -2.23. The fourth-order valence-corrected chi connectivity index (χ4v) is 3.13. The number of halogens is 1. The number of sulfonamides is 1. The molecule has 4 nitrogen and oxygen atoms in total. The Bertz CT molecular complexity index is 759. The van der Waals surface area contributed by atoms with Gasteiger partial charge in [0.2, 0.25) is 10.0 Å². The second-order valence-corrected chi connectivity index (χ2v) is 7.47. The summed E-state index contributed by atoms with van der Waals surface area (Å²) < 4.78 is 28.0. The van der Waals surface area contributed by atoms with Crippen LogP contribution >= 0.6 is 28.1 Å². The number of rotatable bonds is 5. The highest BCUT2D eigenvalue weighted by atomic mass is 79.9. The van der Waals surface area contributed by atoms with E-state index < -0.39 is 10.0 Å². The van der Waals surface area contributed by atoms with Crippen LogP contribution < -0.4 is 10.5 Å². The van der Waals surface area contributed by atoms with Gasteiger partial charge in [-0.15, -0.1) is 0 Å². The van der Waals surface area contributed by atoms with E-state index in [1.165, 1.54) is 12.1 Å². The Balaban J connectivity index is 2.16. The van der Waals surface area contributed by atoms with Crippen molar-refractivity contribution in [2.45, 2.75) is 11.4 Å². The Morgan fingerprint density at radius 2 is 1.86 bits per heavy atom. The minimum Gasteiger partial charge on any atom is -0.389 e. The third-order valence-corrected chi connectivity index (χ3v) is 4.97. The van der Waals surface area contributed by atoms with Crippen molar-refractivity contribution in [3.63, 3.8) is 0 Å². The van der Waals surface area contributed by atoms with Crippen LogP contribution in [0.25, 0.3) is 0 Å². The van der Waals surface area contributed by atoms with E-state index >= 15 is 0 Å². The molecule has 0 saturated carbocycles. The van der Waals surface area contributed by atoms with Gasteiger partial charge in [0, 0.05) is 16.6 Å². The lowest BCUT2D eigenvalue weighted by molar-refractivity contribution is 0.581. The second-order valence-electron chi connectivity index (χ2n) is 4.34. The number of nitrogens with one attached hydrogen (secondary N) is 1. The molecule has 0 aliphatic rings. The zero-order valence-electron chi connectivity index (χ0n) is 10.9. The van der Waals surface area contributed by atoms with E-state index in [1.807, 2.05) is 24.3 Å². The maximum absolute atomic E-state index is 12.2. The molecule has 0 heterocycles. The zero-order chi connectivity index (χ0) is 15.5. The van der Waals surface area contributed by atoms with Gasteiger partial charge in [0.05, 0.1) is 4.90 Å². The van der Waals surface area contributed by atoms with Crippen molar-refractivity contribution in [1.82, 2.24) is 4.72 Å². The molecule has 0 fully saturated rings.